The van der Waals surface area contributed by atoms with Gasteiger partial charge in [-0.05, 0) is 36.8 Å². The molecule has 0 unspecified atom stereocenters. The molecule has 0 bridgehead atoms. The number of amides is 2. The minimum atomic E-state index is -0.296. The lowest BCUT2D eigenvalue weighted by Crippen LogP contribution is -2.17. The molecule has 0 fully saturated rings. The number of benzene rings is 1. The van der Waals surface area contributed by atoms with Crippen LogP contribution in [0.1, 0.15) is 22.2 Å². The fraction of sp³-hybridized carbons (Fsp3) is 0.176. The molecule has 25 heavy (non-hydrogen) atoms. The predicted octanol–water partition coefficient (Wildman–Crippen LogP) is 2.51. The maximum Gasteiger partial charge on any atom is 0.266 e. The fourth-order valence-corrected chi connectivity index (χ4v) is 3.49. The van der Waals surface area contributed by atoms with Crippen LogP contribution in [0.3, 0.4) is 0 Å². The van der Waals surface area contributed by atoms with Crippen LogP contribution in [-0.4, -0.2) is 21.4 Å². The first kappa shape index (κ1) is 16.8. The second-order valence-electron chi connectivity index (χ2n) is 5.61. The molecule has 0 aliphatic carbocycles. The summed E-state index contributed by atoms with van der Waals surface area (Å²) in [6, 6.07) is 6.80. The van der Waals surface area contributed by atoms with Crippen molar-refractivity contribution >= 4 is 44.7 Å². The summed E-state index contributed by atoms with van der Waals surface area (Å²) in [5.41, 5.74) is 1.70. The van der Waals surface area contributed by atoms with Crippen molar-refractivity contribution in [3.8, 4) is 0 Å². The van der Waals surface area contributed by atoms with Crippen LogP contribution < -0.4 is 16.2 Å². The lowest BCUT2D eigenvalue weighted by Gasteiger charge is -2.06. The number of aryl methyl sites for hydroxylation is 2. The Kier molecular flexibility index (Phi) is 4.37. The molecule has 1 aromatic carbocycles. The van der Waals surface area contributed by atoms with Crippen LogP contribution in [-0.2, 0) is 11.8 Å². The van der Waals surface area contributed by atoms with E-state index < -0.39 is 0 Å². The third-order valence-electron chi connectivity index (χ3n) is 3.68. The number of nitrogens with zero attached hydrogens (tertiary/aromatic N) is 2. The van der Waals surface area contributed by atoms with Gasteiger partial charge < -0.3 is 15.2 Å². The molecule has 2 N–H and O–H groups in total. The Balaban J connectivity index is 1.88. The van der Waals surface area contributed by atoms with E-state index in [4.69, 9.17) is 0 Å². The molecule has 7 nitrogen and oxygen atoms in total. The molecule has 2 aromatic heterocycles. The molecule has 0 aliphatic heterocycles. The van der Waals surface area contributed by atoms with E-state index in [1.165, 1.54) is 29.2 Å². The van der Waals surface area contributed by atoms with E-state index in [0.29, 0.717) is 32.0 Å². The number of thiophene rings is 1. The Labute approximate surface area is 147 Å². The Morgan fingerprint density at radius 3 is 2.32 bits per heavy atom. The van der Waals surface area contributed by atoms with Crippen molar-refractivity contribution in [2.24, 2.45) is 7.05 Å². The number of rotatable bonds is 3. The van der Waals surface area contributed by atoms with Crippen LogP contribution >= 0.6 is 11.3 Å². The summed E-state index contributed by atoms with van der Waals surface area (Å²) in [5, 5.41) is 5.93. The highest BCUT2D eigenvalue weighted by Crippen LogP contribution is 2.27. The zero-order chi connectivity index (χ0) is 18.1. The van der Waals surface area contributed by atoms with Gasteiger partial charge >= 0.3 is 0 Å². The zero-order valence-electron chi connectivity index (χ0n) is 13.9. The summed E-state index contributed by atoms with van der Waals surface area (Å²) in [6.07, 6.45) is 1.45. The van der Waals surface area contributed by atoms with Crippen LogP contribution in [0.4, 0.5) is 11.4 Å². The van der Waals surface area contributed by atoms with Gasteiger partial charge in [0.2, 0.25) is 5.91 Å². The van der Waals surface area contributed by atoms with E-state index in [2.05, 4.69) is 15.6 Å². The van der Waals surface area contributed by atoms with E-state index in [-0.39, 0.29) is 17.4 Å². The molecular formula is C17H16N4O3S. The van der Waals surface area contributed by atoms with Gasteiger partial charge in [0.05, 0.1) is 16.6 Å². The van der Waals surface area contributed by atoms with Gasteiger partial charge in [0.25, 0.3) is 11.5 Å². The van der Waals surface area contributed by atoms with Crippen LogP contribution in [0.25, 0.3) is 10.2 Å². The largest absolute Gasteiger partial charge is 0.326 e. The number of fused-ring (bicyclic) bond motifs is 1. The first-order valence-corrected chi connectivity index (χ1v) is 8.32. The van der Waals surface area contributed by atoms with Gasteiger partial charge in [0, 0.05) is 25.3 Å². The number of carbonyl (C=O) groups excluding carboxylic acids is 2. The van der Waals surface area contributed by atoms with E-state index >= 15 is 0 Å². The van der Waals surface area contributed by atoms with Gasteiger partial charge in [-0.2, -0.15) is 0 Å². The van der Waals surface area contributed by atoms with E-state index in [9.17, 15) is 14.4 Å². The first-order valence-electron chi connectivity index (χ1n) is 7.50. The van der Waals surface area contributed by atoms with Crippen LogP contribution in [0, 0.1) is 6.92 Å². The summed E-state index contributed by atoms with van der Waals surface area (Å²) in [4.78, 5) is 41.0. The highest BCUT2D eigenvalue weighted by Gasteiger charge is 2.19. The van der Waals surface area contributed by atoms with Crippen molar-refractivity contribution in [1.82, 2.24) is 9.55 Å². The summed E-state index contributed by atoms with van der Waals surface area (Å²) in [6.45, 7) is 3.18. The van der Waals surface area contributed by atoms with Crippen LogP contribution in [0.15, 0.2) is 35.4 Å². The van der Waals surface area contributed by atoms with Gasteiger partial charge in [-0.3, -0.25) is 14.4 Å². The molecule has 0 aliphatic rings. The van der Waals surface area contributed by atoms with E-state index in [1.54, 1.807) is 38.2 Å². The zero-order valence-corrected chi connectivity index (χ0v) is 14.7. The standard InChI is InChI=1S/C17H16N4O3S/c1-9-13-16(18-8-21(3)17(13)24)25-14(9)15(23)20-12-6-4-11(5-7-12)19-10(2)22/h4-8H,1-3H3,(H,19,22)(H,20,23). The van der Waals surface area contributed by atoms with Crippen molar-refractivity contribution in [3.63, 3.8) is 0 Å². The molecule has 8 heteroatoms. The molecule has 0 saturated carbocycles. The maximum atomic E-state index is 12.6. The van der Waals surface area contributed by atoms with Crippen molar-refractivity contribution in [3.05, 3.63) is 51.4 Å². The number of aromatic nitrogens is 2. The summed E-state index contributed by atoms with van der Waals surface area (Å²) < 4.78 is 1.39. The molecule has 3 rings (SSSR count). The Bertz CT molecular complexity index is 1030. The number of carbonyl (C=O) groups is 2. The minimum absolute atomic E-state index is 0.160. The normalized spacial score (nSPS) is 10.7. The summed E-state index contributed by atoms with van der Waals surface area (Å²) in [7, 11) is 1.63. The number of anilines is 2. The van der Waals surface area contributed by atoms with Gasteiger partial charge in [-0.1, -0.05) is 0 Å². The third-order valence-corrected chi connectivity index (χ3v) is 4.88. The quantitative estimate of drug-likeness (QED) is 0.754. The first-order chi connectivity index (χ1) is 11.9. The molecule has 3 aromatic rings. The van der Waals surface area contributed by atoms with Crippen molar-refractivity contribution in [2.45, 2.75) is 13.8 Å². The van der Waals surface area contributed by atoms with Crippen molar-refractivity contribution < 1.29 is 9.59 Å². The molecule has 0 radical (unpaired) electrons. The van der Waals surface area contributed by atoms with Gasteiger partial charge in [0.1, 0.15) is 4.83 Å². The lowest BCUT2D eigenvalue weighted by molar-refractivity contribution is -0.114. The smallest absolute Gasteiger partial charge is 0.266 e. The SMILES string of the molecule is CC(=O)Nc1ccc(NC(=O)c2sc3ncn(C)c(=O)c3c2C)cc1. The Morgan fingerprint density at radius 1 is 1.12 bits per heavy atom. The van der Waals surface area contributed by atoms with Crippen molar-refractivity contribution in [2.75, 3.05) is 10.6 Å². The molecular weight excluding hydrogens is 340 g/mol. The molecule has 2 amide bonds. The second kappa shape index (κ2) is 6.48. The fourth-order valence-electron chi connectivity index (χ4n) is 2.45. The maximum absolute atomic E-state index is 12.6. The average molecular weight is 356 g/mol. The third kappa shape index (κ3) is 3.29. The summed E-state index contributed by atoms with van der Waals surface area (Å²) in [5.74, 6) is -0.457. The predicted molar refractivity (Wildman–Crippen MR) is 98.3 cm³/mol. The number of nitrogens with one attached hydrogen (secondary N) is 2. The number of hydrogen-bond acceptors (Lipinski definition) is 5. The van der Waals surface area contributed by atoms with E-state index in [1.807, 2.05) is 0 Å². The van der Waals surface area contributed by atoms with Gasteiger partial charge in [0.15, 0.2) is 0 Å². The van der Waals surface area contributed by atoms with Gasteiger partial charge in [-0.15, -0.1) is 11.3 Å². The Morgan fingerprint density at radius 2 is 1.72 bits per heavy atom. The molecule has 0 spiro atoms. The molecule has 0 saturated heterocycles. The average Bonchev–Trinajstić information content (AvgIpc) is 2.90. The van der Waals surface area contributed by atoms with Crippen LogP contribution in [0.5, 0.6) is 0 Å². The van der Waals surface area contributed by atoms with Gasteiger partial charge in [-0.25, -0.2) is 4.98 Å². The van der Waals surface area contributed by atoms with Crippen LogP contribution in [0.2, 0.25) is 0 Å². The van der Waals surface area contributed by atoms with E-state index in [0.717, 1.165) is 0 Å². The second-order valence-corrected chi connectivity index (χ2v) is 6.61. The lowest BCUT2D eigenvalue weighted by atomic mass is 10.2. The summed E-state index contributed by atoms with van der Waals surface area (Å²) >= 11 is 1.19. The monoisotopic (exact) mass is 356 g/mol. The highest BCUT2D eigenvalue weighted by molar-refractivity contribution is 7.20. The number of hydrogen-bond donors (Lipinski definition) is 2. The highest BCUT2D eigenvalue weighted by atomic mass is 32.1. The molecule has 2 heterocycles. The topological polar surface area (TPSA) is 93.1 Å². The molecule has 128 valence electrons. The Hall–Kier alpha value is -3.00. The minimum Gasteiger partial charge on any atom is -0.326 e. The molecule has 0 atom stereocenters. The van der Waals surface area contributed by atoms with Crippen molar-refractivity contribution in [1.29, 1.82) is 0 Å².